The van der Waals surface area contributed by atoms with Gasteiger partial charge in [-0.25, -0.2) is 8.42 Å². The highest BCUT2D eigenvalue weighted by molar-refractivity contribution is 7.92. The minimum absolute atomic E-state index is 0.265. The lowest BCUT2D eigenvalue weighted by atomic mass is 10.0. The maximum absolute atomic E-state index is 12.9. The number of carbonyl (C=O) groups is 1. The van der Waals surface area contributed by atoms with Crippen LogP contribution in [0.3, 0.4) is 0 Å². The molecule has 0 bridgehead atoms. The zero-order valence-corrected chi connectivity index (χ0v) is 15.2. The number of likely N-dealkylation sites (N-methyl/N-ethyl adjacent to an activating group) is 1. The number of nitrogens with zero attached hydrogens (tertiary/aromatic N) is 1. The molecule has 1 fully saturated rings. The zero-order chi connectivity index (χ0) is 17.7. The fourth-order valence-electron chi connectivity index (χ4n) is 3.08. The molecular formula is C17H25NO5S. The van der Waals surface area contributed by atoms with Crippen LogP contribution < -0.4 is 4.74 Å². The van der Waals surface area contributed by atoms with Crippen LogP contribution in [0.4, 0.5) is 0 Å². The van der Waals surface area contributed by atoms with Crippen LogP contribution >= 0.6 is 0 Å². The molecule has 1 aromatic carbocycles. The minimum Gasteiger partial charge on any atom is -0.497 e. The van der Waals surface area contributed by atoms with E-state index < -0.39 is 21.1 Å². The first-order chi connectivity index (χ1) is 11.4. The highest BCUT2D eigenvalue weighted by Gasteiger charge is 2.39. The van der Waals surface area contributed by atoms with Gasteiger partial charge in [0, 0.05) is 6.54 Å². The molecule has 1 aromatic rings. The van der Waals surface area contributed by atoms with E-state index >= 15 is 0 Å². The Balaban J connectivity index is 2.22. The van der Waals surface area contributed by atoms with Gasteiger partial charge in [-0.3, -0.25) is 9.69 Å². The quantitative estimate of drug-likeness (QED) is 0.726. The van der Waals surface area contributed by atoms with Gasteiger partial charge in [-0.15, -0.1) is 0 Å². The highest BCUT2D eigenvalue weighted by Crippen LogP contribution is 2.29. The smallest absolute Gasteiger partial charge is 0.323 e. The molecule has 2 unspecified atom stereocenters. The predicted octanol–water partition coefficient (Wildman–Crippen LogP) is 1.88. The van der Waals surface area contributed by atoms with Crippen molar-refractivity contribution in [3.63, 3.8) is 0 Å². The first-order valence-electron chi connectivity index (χ1n) is 8.22. The summed E-state index contributed by atoms with van der Waals surface area (Å²) in [6.07, 6.45) is 0.777. The average molecular weight is 355 g/mol. The Bertz CT molecular complexity index is 656. The third-order valence-electron chi connectivity index (χ3n) is 4.46. The van der Waals surface area contributed by atoms with Crippen molar-refractivity contribution in [2.24, 2.45) is 0 Å². The SMILES string of the molecule is CCOC(=O)C1CC(S(=O)(=O)c2ccc(OC)cc2)CCN1CC. The molecule has 0 spiro atoms. The third kappa shape index (κ3) is 3.89. The van der Waals surface area contributed by atoms with Crippen LogP contribution in [0.1, 0.15) is 26.7 Å². The molecule has 134 valence electrons. The number of hydrogen-bond acceptors (Lipinski definition) is 6. The standard InChI is InChI=1S/C17H25NO5S/c1-4-18-11-10-15(12-16(18)17(19)23-5-2)24(20,21)14-8-6-13(22-3)7-9-14/h6-9,15-16H,4-5,10-12H2,1-3H3. The third-order valence-corrected chi connectivity index (χ3v) is 6.69. The topological polar surface area (TPSA) is 72.9 Å². The summed E-state index contributed by atoms with van der Waals surface area (Å²) in [7, 11) is -1.95. The number of sulfone groups is 1. The van der Waals surface area contributed by atoms with Crippen LogP contribution in [0, 0.1) is 0 Å². The van der Waals surface area contributed by atoms with Crippen LogP contribution in [0.15, 0.2) is 29.2 Å². The average Bonchev–Trinajstić information content (AvgIpc) is 2.61. The Labute approximate surface area is 143 Å². The van der Waals surface area contributed by atoms with E-state index in [1.54, 1.807) is 31.2 Å². The zero-order valence-electron chi connectivity index (χ0n) is 14.4. The largest absolute Gasteiger partial charge is 0.497 e. The normalized spacial score (nSPS) is 22.1. The van der Waals surface area contributed by atoms with Crippen LogP contribution in [0.5, 0.6) is 5.75 Å². The van der Waals surface area contributed by atoms with E-state index in [2.05, 4.69) is 0 Å². The molecule has 0 aliphatic carbocycles. The van der Waals surface area contributed by atoms with E-state index in [4.69, 9.17) is 9.47 Å². The molecule has 0 N–H and O–H groups in total. The van der Waals surface area contributed by atoms with Crippen LogP contribution in [0.25, 0.3) is 0 Å². The number of methoxy groups -OCH3 is 1. The van der Waals surface area contributed by atoms with Crippen molar-refractivity contribution < 1.29 is 22.7 Å². The summed E-state index contributed by atoms with van der Waals surface area (Å²) in [5.41, 5.74) is 0. The van der Waals surface area contributed by atoms with Gasteiger partial charge < -0.3 is 9.47 Å². The Hall–Kier alpha value is -1.60. The van der Waals surface area contributed by atoms with E-state index in [0.29, 0.717) is 31.9 Å². The molecule has 0 saturated carbocycles. The lowest BCUT2D eigenvalue weighted by molar-refractivity contribution is -0.150. The number of hydrogen-bond donors (Lipinski definition) is 0. The summed E-state index contributed by atoms with van der Waals surface area (Å²) in [5.74, 6) is 0.271. The second-order valence-electron chi connectivity index (χ2n) is 5.76. The molecule has 24 heavy (non-hydrogen) atoms. The number of carbonyl (C=O) groups excluding carboxylic acids is 1. The van der Waals surface area contributed by atoms with Gasteiger partial charge in [-0.2, -0.15) is 0 Å². The van der Waals surface area contributed by atoms with E-state index in [-0.39, 0.29) is 17.3 Å². The second kappa shape index (κ2) is 7.98. The van der Waals surface area contributed by atoms with Gasteiger partial charge in [0.15, 0.2) is 9.84 Å². The fourth-order valence-corrected chi connectivity index (χ4v) is 4.84. The molecule has 1 aliphatic rings. The lowest BCUT2D eigenvalue weighted by Gasteiger charge is -2.36. The van der Waals surface area contributed by atoms with Crippen molar-refractivity contribution in [2.45, 2.75) is 42.9 Å². The van der Waals surface area contributed by atoms with Crippen LogP contribution in [0.2, 0.25) is 0 Å². The molecular weight excluding hydrogens is 330 g/mol. The molecule has 1 saturated heterocycles. The van der Waals surface area contributed by atoms with Crippen molar-refractivity contribution >= 4 is 15.8 Å². The van der Waals surface area contributed by atoms with Crippen molar-refractivity contribution in [3.05, 3.63) is 24.3 Å². The van der Waals surface area contributed by atoms with E-state index in [1.165, 1.54) is 7.11 Å². The second-order valence-corrected chi connectivity index (χ2v) is 7.99. The summed E-state index contributed by atoms with van der Waals surface area (Å²) in [4.78, 5) is 14.4. The molecule has 6 nitrogen and oxygen atoms in total. The summed E-state index contributed by atoms with van der Waals surface area (Å²) >= 11 is 0. The van der Waals surface area contributed by atoms with Gasteiger partial charge in [0.1, 0.15) is 11.8 Å². The molecule has 0 aromatic heterocycles. The molecule has 1 aliphatic heterocycles. The van der Waals surface area contributed by atoms with Crippen molar-refractivity contribution in [1.29, 1.82) is 0 Å². The molecule has 0 radical (unpaired) electrons. The highest BCUT2D eigenvalue weighted by atomic mass is 32.2. The van der Waals surface area contributed by atoms with Crippen molar-refractivity contribution in [3.8, 4) is 5.75 Å². The number of piperidine rings is 1. The predicted molar refractivity (Wildman–Crippen MR) is 90.9 cm³/mol. The number of benzene rings is 1. The lowest BCUT2D eigenvalue weighted by Crippen LogP contribution is -2.50. The summed E-state index contributed by atoms with van der Waals surface area (Å²) in [6.45, 7) is 5.27. The maximum atomic E-state index is 12.9. The Morgan fingerprint density at radius 1 is 1.25 bits per heavy atom. The van der Waals surface area contributed by atoms with E-state index in [0.717, 1.165) is 0 Å². The van der Waals surface area contributed by atoms with Gasteiger partial charge in [-0.1, -0.05) is 6.92 Å². The minimum atomic E-state index is -3.49. The van der Waals surface area contributed by atoms with Crippen LogP contribution in [-0.4, -0.2) is 57.4 Å². The van der Waals surface area contributed by atoms with Gasteiger partial charge >= 0.3 is 5.97 Å². The van der Waals surface area contributed by atoms with Gasteiger partial charge in [0.2, 0.25) is 0 Å². The number of likely N-dealkylation sites (tertiary alicyclic amines) is 1. The molecule has 0 amide bonds. The Kier molecular flexibility index (Phi) is 6.23. The molecule has 1 heterocycles. The summed E-state index contributed by atoms with van der Waals surface area (Å²) in [6, 6.07) is 5.88. The van der Waals surface area contributed by atoms with Gasteiger partial charge in [0.25, 0.3) is 0 Å². The Morgan fingerprint density at radius 2 is 1.92 bits per heavy atom. The summed E-state index contributed by atoms with van der Waals surface area (Å²) < 4.78 is 36.0. The number of esters is 1. The van der Waals surface area contributed by atoms with Crippen LogP contribution in [-0.2, 0) is 19.4 Å². The first-order valence-corrected chi connectivity index (χ1v) is 9.77. The summed E-state index contributed by atoms with van der Waals surface area (Å²) in [5, 5.41) is -0.580. The monoisotopic (exact) mass is 355 g/mol. The molecule has 7 heteroatoms. The fraction of sp³-hybridized carbons (Fsp3) is 0.588. The van der Waals surface area contributed by atoms with Gasteiger partial charge in [-0.05, 0) is 50.6 Å². The number of ether oxygens (including phenoxy) is 2. The Morgan fingerprint density at radius 3 is 2.46 bits per heavy atom. The van der Waals surface area contributed by atoms with E-state index in [1.807, 2.05) is 11.8 Å². The molecule has 2 atom stereocenters. The first kappa shape index (κ1) is 18.7. The van der Waals surface area contributed by atoms with Gasteiger partial charge in [0.05, 0.1) is 23.9 Å². The number of rotatable bonds is 6. The maximum Gasteiger partial charge on any atom is 0.323 e. The molecule has 2 rings (SSSR count). The van der Waals surface area contributed by atoms with Crippen molar-refractivity contribution in [1.82, 2.24) is 4.90 Å². The van der Waals surface area contributed by atoms with Crippen molar-refractivity contribution in [2.75, 3.05) is 26.8 Å². The van der Waals surface area contributed by atoms with E-state index in [9.17, 15) is 13.2 Å².